The second-order valence-corrected chi connectivity index (χ2v) is 5.40. The number of unbranched alkanes of at least 4 members (excludes halogenated alkanes) is 1. The molecule has 0 aliphatic rings. The maximum Gasteiger partial charge on any atom is 0.271 e. The minimum atomic E-state index is -0.225. The molecule has 6 heteroatoms. The molecule has 0 atom stereocenters. The monoisotopic (exact) mass is 328 g/mol. The zero-order valence-electron chi connectivity index (χ0n) is 14.2. The molecule has 0 spiro atoms. The molecule has 1 aromatic carbocycles. The molecule has 1 aromatic heterocycles. The van der Waals surface area contributed by atoms with Gasteiger partial charge in [-0.1, -0.05) is 31.5 Å². The molecule has 0 unspecified atom stereocenters. The molecule has 6 nitrogen and oxygen atoms in total. The molecule has 0 aliphatic heterocycles. The lowest BCUT2D eigenvalue weighted by molar-refractivity contribution is 0.0948. The van der Waals surface area contributed by atoms with E-state index in [1.165, 1.54) is 0 Å². The predicted octanol–water partition coefficient (Wildman–Crippen LogP) is 2.67. The lowest BCUT2D eigenvalue weighted by Gasteiger charge is -2.09. The number of ether oxygens (including phenoxy) is 1. The third-order valence-electron chi connectivity index (χ3n) is 3.61. The third kappa shape index (κ3) is 5.22. The van der Waals surface area contributed by atoms with Gasteiger partial charge >= 0.3 is 0 Å². The maximum absolute atomic E-state index is 12.1. The Labute approximate surface area is 142 Å². The molecular formula is C18H24N4O2. The van der Waals surface area contributed by atoms with Crippen molar-refractivity contribution in [1.29, 1.82) is 0 Å². The summed E-state index contributed by atoms with van der Waals surface area (Å²) in [7, 11) is 1.64. The molecule has 1 amide bonds. The van der Waals surface area contributed by atoms with Gasteiger partial charge in [0, 0.05) is 13.1 Å². The Morgan fingerprint density at radius 3 is 2.67 bits per heavy atom. The van der Waals surface area contributed by atoms with Crippen molar-refractivity contribution >= 4 is 11.7 Å². The molecule has 1 heterocycles. The summed E-state index contributed by atoms with van der Waals surface area (Å²) in [6.45, 7) is 3.50. The fourth-order valence-corrected chi connectivity index (χ4v) is 2.25. The van der Waals surface area contributed by atoms with Gasteiger partial charge in [-0.25, -0.2) is 0 Å². The summed E-state index contributed by atoms with van der Waals surface area (Å²) in [5.41, 5.74) is 1.37. The third-order valence-corrected chi connectivity index (χ3v) is 3.61. The molecule has 0 saturated heterocycles. The van der Waals surface area contributed by atoms with Crippen LogP contribution in [0.1, 0.15) is 35.8 Å². The fraction of sp³-hybridized carbons (Fsp3) is 0.389. The zero-order valence-corrected chi connectivity index (χ0v) is 14.2. The zero-order chi connectivity index (χ0) is 17.2. The average molecular weight is 328 g/mol. The van der Waals surface area contributed by atoms with E-state index in [2.05, 4.69) is 27.8 Å². The smallest absolute Gasteiger partial charge is 0.271 e. The highest BCUT2D eigenvalue weighted by atomic mass is 16.5. The van der Waals surface area contributed by atoms with Gasteiger partial charge in [0.05, 0.1) is 7.11 Å². The van der Waals surface area contributed by atoms with Gasteiger partial charge in [0.1, 0.15) is 11.6 Å². The minimum absolute atomic E-state index is 0.225. The molecule has 0 aliphatic carbocycles. The second kappa shape index (κ2) is 9.50. The number of aromatic nitrogens is 2. The van der Waals surface area contributed by atoms with Crippen molar-refractivity contribution in [3.63, 3.8) is 0 Å². The van der Waals surface area contributed by atoms with Crippen LogP contribution in [0, 0.1) is 0 Å². The lowest BCUT2D eigenvalue weighted by Crippen LogP contribution is -2.27. The number of hydrogen-bond acceptors (Lipinski definition) is 5. The average Bonchev–Trinajstić information content (AvgIpc) is 2.63. The van der Waals surface area contributed by atoms with E-state index >= 15 is 0 Å². The Morgan fingerprint density at radius 1 is 1.12 bits per heavy atom. The van der Waals surface area contributed by atoms with E-state index in [1.807, 2.05) is 24.3 Å². The van der Waals surface area contributed by atoms with Crippen LogP contribution in [0.4, 0.5) is 5.82 Å². The van der Waals surface area contributed by atoms with Gasteiger partial charge < -0.3 is 15.4 Å². The molecule has 0 fully saturated rings. The van der Waals surface area contributed by atoms with Gasteiger partial charge in [-0.3, -0.25) is 4.79 Å². The summed E-state index contributed by atoms with van der Waals surface area (Å²) in [5.74, 6) is 1.29. The number of anilines is 1. The normalized spacial score (nSPS) is 10.2. The first-order valence-electron chi connectivity index (χ1n) is 8.22. The van der Waals surface area contributed by atoms with Crippen molar-refractivity contribution < 1.29 is 9.53 Å². The van der Waals surface area contributed by atoms with E-state index in [4.69, 9.17) is 4.74 Å². The number of carbonyl (C=O) groups excluding carboxylic acids is 1. The highest BCUT2D eigenvalue weighted by Gasteiger charge is 2.08. The highest BCUT2D eigenvalue weighted by Crippen LogP contribution is 2.17. The van der Waals surface area contributed by atoms with E-state index in [9.17, 15) is 4.79 Å². The van der Waals surface area contributed by atoms with Crippen LogP contribution in [0.5, 0.6) is 5.75 Å². The van der Waals surface area contributed by atoms with Crippen LogP contribution in [0.3, 0.4) is 0 Å². The quantitative estimate of drug-likeness (QED) is 0.692. The minimum Gasteiger partial charge on any atom is -0.496 e. The van der Waals surface area contributed by atoms with Crippen LogP contribution in [0.25, 0.3) is 0 Å². The first kappa shape index (κ1) is 17.7. The van der Waals surface area contributed by atoms with Crippen LogP contribution in [0.15, 0.2) is 36.4 Å². The molecule has 0 bridgehead atoms. The Morgan fingerprint density at radius 2 is 1.96 bits per heavy atom. The largest absolute Gasteiger partial charge is 0.496 e. The van der Waals surface area contributed by atoms with Crippen LogP contribution >= 0.6 is 0 Å². The van der Waals surface area contributed by atoms with E-state index in [-0.39, 0.29) is 5.91 Å². The summed E-state index contributed by atoms with van der Waals surface area (Å²) in [4.78, 5) is 12.1. The number of hydrogen-bond donors (Lipinski definition) is 2. The number of amides is 1. The summed E-state index contributed by atoms with van der Waals surface area (Å²) >= 11 is 0. The number of nitrogens with one attached hydrogen (secondary N) is 2. The Bertz CT molecular complexity index is 644. The molecule has 24 heavy (non-hydrogen) atoms. The van der Waals surface area contributed by atoms with Crippen LogP contribution in [-0.4, -0.2) is 36.3 Å². The number of carbonyl (C=O) groups is 1. The van der Waals surface area contributed by atoms with Crippen molar-refractivity contribution in [2.75, 3.05) is 25.5 Å². The van der Waals surface area contributed by atoms with Crippen molar-refractivity contribution in [3.05, 3.63) is 47.7 Å². The molecular weight excluding hydrogens is 304 g/mol. The number of para-hydroxylation sites is 1. The van der Waals surface area contributed by atoms with E-state index in [0.29, 0.717) is 24.5 Å². The summed E-state index contributed by atoms with van der Waals surface area (Å²) in [5, 5.41) is 14.0. The number of nitrogens with zero attached hydrogens (tertiary/aromatic N) is 2. The fourth-order valence-electron chi connectivity index (χ4n) is 2.25. The van der Waals surface area contributed by atoms with E-state index in [0.717, 1.165) is 30.7 Å². The van der Waals surface area contributed by atoms with Gasteiger partial charge in [-0.2, -0.15) is 0 Å². The lowest BCUT2D eigenvalue weighted by atomic mass is 10.1. The number of methoxy groups -OCH3 is 1. The summed E-state index contributed by atoms with van der Waals surface area (Å²) in [6, 6.07) is 11.2. The molecule has 0 saturated carbocycles. The van der Waals surface area contributed by atoms with Crippen molar-refractivity contribution in [2.24, 2.45) is 0 Å². The number of benzene rings is 1. The Balaban J connectivity index is 1.82. The van der Waals surface area contributed by atoms with Gasteiger partial charge in [0.15, 0.2) is 5.69 Å². The van der Waals surface area contributed by atoms with Gasteiger partial charge in [-0.15, -0.1) is 10.2 Å². The van der Waals surface area contributed by atoms with Gasteiger partial charge in [-0.05, 0) is 36.6 Å². The molecule has 2 rings (SSSR count). The van der Waals surface area contributed by atoms with Gasteiger partial charge in [0.2, 0.25) is 0 Å². The maximum atomic E-state index is 12.1. The topological polar surface area (TPSA) is 76.1 Å². The first-order valence-corrected chi connectivity index (χ1v) is 8.22. The van der Waals surface area contributed by atoms with Crippen molar-refractivity contribution in [3.8, 4) is 5.75 Å². The molecule has 0 radical (unpaired) electrons. The highest BCUT2D eigenvalue weighted by molar-refractivity contribution is 5.92. The number of rotatable bonds is 9. The van der Waals surface area contributed by atoms with Crippen LogP contribution in [0.2, 0.25) is 0 Å². The van der Waals surface area contributed by atoms with Crippen molar-refractivity contribution in [2.45, 2.75) is 26.2 Å². The van der Waals surface area contributed by atoms with Crippen LogP contribution < -0.4 is 15.4 Å². The molecule has 2 aromatic rings. The van der Waals surface area contributed by atoms with E-state index in [1.54, 1.807) is 19.2 Å². The Kier molecular flexibility index (Phi) is 7.01. The molecule has 128 valence electrons. The summed E-state index contributed by atoms with van der Waals surface area (Å²) in [6.07, 6.45) is 2.89. The predicted molar refractivity (Wildman–Crippen MR) is 94.5 cm³/mol. The SMILES string of the molecule is CCCCNc1ccc(C(=O)NCCc2ccccc2OC)nn1. The van der Waals surface area contributed by atoms with Crippen molar-refractivity contribution in [1.82, 2.24) is 15.5 Å². The van der Waals surface area contributed by atoms with Crippen LogP contribution in [-0.2, 0) is 6.42 Å². The second-order valence-electron chi connectivity index (χ2n) is 5.40. The van der Waals surface area contributed by atoms with Gasteiger partial charge in [0.25, 0.3) is 5.91 Å². The standard InChI is InChI=1S/C18H24N4O2/c1-3-4-12-19-17-10-9-15(21-22-17)18(23)20-13-11-14-7-5-6-8-16(14)24-2/h5-10H,3-4,11-13H2,1-2H3,(H,19,22)(H,20,23). The Hall–Kier alpha value is -2.63. The molecule has 2 N–H and O–H groups in total. The first-order chi connectivity index (χ1) is 11.7. The summed E-state index contributed by atoms with van der Waals surface area (Å²) < 4.78 is 5.30. The van der Waals surface area contributed by atoms with E-state index < -0.39 is 0 Å².